The molecule has 5 aromatic rings. The maximum atomic E-state index is 4.80. The molecule has 0 bridgehead atoms. The number of benzene rings is 2. The Bertz CT molecular complexity index is 1360. The number of fused-ring (bicyclic) bond motifs is 2. The summed E-state index contributed by atoms with van der Waals surface area (Å²) in [7, 11) is 0. The highest BCUT2D eigenvalue weighted by Gasteiger charge is 2.21. The molecule has 170 valence electrons. The minimum Gasteiger partial charge on any atom is -0.341 e. The van der Waals surface area contributed by atoms with Crippen molar-refractivity contribution in [3.05, 3.63) is 66.4 Å². The molecule has 7 nitrogen and oxygen atoms in total. The largest absolute Gasteiger partial charge is 0.341 e. The average Bonchev–Trinajstić information content (AvgIpc) is 3.69. The van der Waals surface area contributed by atoms with Crippen LogP contribution in [-0.4, -0.2) is 38.0 Å². The van der Waals surface area contributed by atoms with Gasteiger partial charge < -0.3 is 20.6 Å². The van der Waals surface area contributed by atoms with Gasteiger partial charge in [0.15, 0.2) is 5.65 Å². The minimum atomic E-state index is 0.314. The van der Waals surface area contributed by atoms with E-state index in [1.807, 2.05) is 6.20 Å². The number of hydrogen-bond donors (Lipinski definition) is 4. The van der Waals surface area contributed by atoms with E-state index >= 15 is 0 Å². The highest BCUT2D eigenvalue weighted by molar-refractivity contribution is 5.83. The molecule has 2 aromatic carbocycles. The van der Waals surface area contributed by atoms with Crippen molar-refractivity contribution in [1.29, 1.82) is 0 Å². The van der Waals surface area contributed by atoms with E-state index in [4.69, 9.17) is 9.97 Å². The number of H-pyrrole nitrogens is 2. The van der Waals surface area contributed by atoms with E-state index < -0.39 is 0 Å². The third kappa shape index (κ3) is 3.48. The fraction of sp³-hybridized carbons (Fsp3) is 0.296. The molecule has 2 aliphatic heterocycles. The van der Waals surface area contributed by atoms with E-state index in [9.17, 15) is 0 Å². The zero-order chi connectivity index (χ0) is 22.5. The lowest BCUT2D eigenvalue weighted by Gasteiger charge is -2.05. The Morgan fingerprint density at radius 2 is 1.26 bits per heavy atom. The second kappa shape index (κ2) is 8.04. The minimum absolute atomic E-state index is 0.314. The first kappa shape index (κ1) is 19.9. The zero-order valence-electron chi connectivity index (χ0n) is 18.9. The topological polar surface area (TPSA) is 94.3 Å². The predicted molar refractivity (Wildman–Crippen MR) is 134 cm³/mol. The molecule has 4 N–H and O–H groups in total. The van der Waals surface area contributed by atoms with Gasteiger partial charge in [-0.05, 0) is 73.7 Å². The first-order valence-corrected chi connectivity index (χ1v) is 12.2. The second-order valence-electron chi connectivity index (χ2n) is 9.45. The fourth-order valence-corrected chi connectivity index (χ4v) is 5.31. The predicted octanol–water partition coefficient (Wildman–Crippen LogP) is 5.02. The highest BCUT2D eigenvalue weighted by Crippen LogP contribution is 2.30. The summed E-state index contributed by atoms with van der Waals surface area (Å²) >= 11 is 0. The van der Waals surface area contributed by atoms with Crippen molar-refractivity contribution in [3.63, 3.8) is 0 Å². The number of aromatic amines is 2. The SMILES string of the molecule is c1cc(-c2cnc3nc([C@@H]4CCCN4)[nH]c3c2)ccc1-c1ccc2nc([C@@H]3CCCN3)[nH]c2c1. The highest BCUT2D eigenvalue weighted by atomic mass is 15.1. The van der Waals surface area contributed by atoms with Gasteiger partial charge in [-0.1, -0.05) is 30.3 Å². The quantitative estimate of drug-likeness (QED) is 0.309. The van der Waals surface area contributed by atoms with Gasteiger partial charge in [-0.2, -0.15) is 0 Å². The van der Waals surface area contributed by atoms with E-state index in [1.165, 1.54) is 24.0 Å². The van der Waals surface area contributed by atoms with Crippen molar-refractivity contribution in [3.8, 4) is 22.3 Å². The summed E-state index contributed by atoms with van der Waals surface area (Å²) < 4.78 is 0. The number of imidazole rings is 2. The van der Waals surface area contributed by atoms with Gasteiger partial charge >= 0.3 is 0 Å². The molecule has 3 aromatic heterocycles. The lowest BCUT2D eigenvalue weighted by Crippen LogP contribution is -2.14. The summed E-state index contributed by atoms with van der Waals surface area (Å²) in [5, 5.41) is 7.02. The van der Waals surface area contributed by atoms with Crippen LogP contribution in [0.1, 0.15) is 49.4 Å². The number of rotatable bonds is 4. The van der Waals surface area contributed by atoms with Gasteiger partial charge in [0.2, 0.25) is 0 Å². The van der Waals surface area contributed by atoms with Crippen LogP contribution in [0, 0.1) is 0 Å². The van der Waals surface area contributed by atoms with E-state index in [1.54, 1.807) is 0 Å². The van der Waals surface area contributed by atoms with Crippen LogP contribution in [-0.2, 0) is 0 Å². The summed E-state index contributed by atoms with van der Waals surface area (Å²) in [5.74, 6) is 2.04. The summed E-state index contributed by atoms with van der Waals surface area (Å²) in [6.07, 6.45) is 6.59. The zero-order valence-corrected chi connectivity index (χ0v) is 18.9. The molecule has 0 amide bonds. The van der Waals surface area contributed by atoms with E-state index in [0.29, 0.717) is 12.1 Å². The first-order valence-electron chi connectivity index (χ1n) is 12.2. The molecule has 7 rings (SSSR count). The van der Waals surface area contributed by atoms with Gasteiger partial charge in [-0.15, -0.1) is 0 Å². The number of hydrogen-bond acceptors (Lipinski definition) is 5. The molecule has 0 aliphatic carbocycles. The Hall–Kier alpha value is -3.55. The van der Waals surface area contributed by atoms with Gasteiger partial charge in [0.1, 0.15) is 11.6 Å². The molecule has 2 aliphatic rings. The number of nitrogens with one attached hydrogen (secondary N) is 4. The summed E-state index contributed by atoms with van der Waals surface area (Å²) in [5.41, 5.74) is 8.49. The van der Waals surface area contributed by atoms with Crippen LogP contribution in [0.15, 0.2) is 54.7 Å². The Balaban J connectivity index is 1.16. The summed E-state index contributed by atoms with van der Waals surface area (Å²) in [6.45, 7) is 2.12. The van der Waals surface area contributed by atoms with Gasteiger partial charge in [0.25, 0.3) is 0 Å². The Morgan fingerprint density at radius 1 is 0.647 bits per heavy atom. The molecule has 2 fully saturated rings. The number of aromatic nitrogens is 5. The smallest absolute Gasteiger partial charge is 0.177 e. The van der Waals surface area contributed by atoms with Crippen molar-refractivity contribution in [2.75, 3.05) is 13.1 Å². The van der Waals surface area contributed by atoms with Crippen LogP contribution in [0.25, 0.3) is 44.5 Å². The molecule has 0 saturated carbocycles. The van der Waals surface area contributed by atoms with Crippen LogP contribution in [0.3, 0.4) is 0 Å². The molecule has 5 heterocycles. The summed E-state index contributed by atoms with van der Waals surface area (Å²) in [6, 6.07) is 18.0. The molecule has 0 unspecified atom stereocenters. The second-order valence-corrected chi connectivity index (χ2v) is 9.45. The monoisotopic (exact) mass is 449 g/mol. The van der Waals surface area contributed by atoms with Crippen molar-refractivity contribution in [1.82, 2.24) is 35.6 Å². The Kier molecular flexibility index (Phi) is 4.70. The van der Waals surface area contributed by atoms with E-state index in [2.05, 4.69) is 74.1 Å². The average molecular weight is 450 g/mol. The van der Waals surface area contributed by atoms with Crippen LogP contribution in [0.2, 0.25) is 0 Å². The molecular formula is C27H27N7. The fourth-order valence-electron chi connectivity index (χ4n) is 5.31. The number of pyridine rings is 1. The van der Waals surface area contributed by atoms with Crippen LogP contribution >= 0.6 is 0 Å². The standard InChI is InChI=1S/C27H27N7/c1-3-21(28-11-1)26-31-20-10-9-18(13-23(20)32-26)16-5-7-17(8-6-16)19-14-24-25(30-15-19)34-27(33-24)22-4-2-12-29-22/h5-10,13-15,21-22,28-29H,1-4,11-12H2,(H,31,32)(H,30,33,34)/t21-,22-/m0/s1. The van der Waals surface area contributed by atoms with E-state index in [0.717, 1.165) is 70.9 Å². The third-order valence-corrected chi connectivity index (χ3v) is 7.19. The first-order chi connectivity index (χ1) is 16.8. The lowest BCUT2D eigenvalue weighted by atomic mass is 10.0. The number of nitrogens with zero attached hydrogens (tertiary/aromatic N) is 3. The van der Waals surface area contributed by atoms with Crippen LogP contribution in [0.4, 0.5) is 0 Å². The molecule has 2 saturated heterocycles. The third-order valence-electron chi connectivity index (χ3n) is 7.19. The normalized spacial score (nSPS) is 20.6. The van der Waals surface area contributed by atoms with Crippen LogP contribution in [0.5, 0.6) is 0 Å². The molecule has 2 atom stereocenters. The van der Waals surface area contributed by atoms with Gasteiger partial charge in [-0.25, -0.2) is 15.0 Å². The van der Waals surface area contributed by atoms with Gasteiger partial charge in [0, 0.05) is 11.8 Å². The molecule has 0 radical (unpaired) electrons. The van der Waals surface area contributed by atoms with Crippen molar-refractivity contribution in [2.24, 2.45) is 0 Å². The molecule has 34 heavy (non-hydrogen) atoms. The maximum Gasteiger partial charge on any atom is 0.177 e. The molecule has 0 spiro atoms. The van der Waals surface area contributed by atoms with Crippen LogP contribution < -0.4 is 10.6 Å². The summed E-state index contributed by atoms with van der Waals surface area (Å²) in [4.78, 5) is 21.1. The van der Waals surface area contributed by atoms with E-state index in [-0.39, 0.29) is 0 Å². The van der Waals surface area contributed by atoms with Crippen molar-refractivity contribution < 1.29 is 0 Å². The van der Waals surface area contributed by atoms with Gasteiger partial charge in [0.05, 0.1) is 28.6 Å². The molecular weight excluding hydrogens is 422 g/mol. The Labute approximate surface area is 197 Å². The van der Waals surface area contributed by atoms with Crippen molar-refractivity contribution in [2.45, 2.75) is 37.8 Å². The van der Waals surface area contributed by atoms with Crippen molar-refractivity contribution >= 4 is 22.2 Å². The maximum absolute atomic E-state index is 4.80. The van der Waals surface area contributed by atoms with Gasteiger partial charge in [-0.3, -0.25) is 0 Å². The molecule has 7 heteroatoms. The lowest BCUT2D eigenvalue weighted by molar-refractivity contribution is 0.614. The Morgan fingerprint density at radius 3 is 1.97 bits per heavy atom.